The van der Waals surface area contributed by atoms with Gasteiger partial charge in [0, 0.05) is 17.8 Å². The van der Waals surface area contributed by atoms with E-state index in [0.29, 0.717) is 24.2 Å². The maximum atomic E-state index is 15.8. The second-order valence-corrected chi connectivity index (χ2v) is 16.1. The van der Waals surface area contributed by atoms with Crippen molar-refractivity contribution in [2.24, 2.45) is 47.3 Å². The summed E-state index contributed by atoms with van der Waals surface area (Å²) in [6.07, 6.45) is -6.80. The van der Waals surface area contributed by atoms with Crippen LogP contribution in [-0.2, 0) is 0 Å². The molecule has 4 saturated carbocycles. The average Bonchev–Trinajstić information content (AvgIpc) is 3.79. The summed E-state index contributed by atoms with van der Waals surface area (Å²) in [6.45, 7) is 0. The van der Waals surface area contributed by atoms with Crippen LogP contribution in [0.1, 0.15) is 64.2 Å². The lowest BCUT2D eigenvalue weighted by Gasteiger charge is -2.41. The molecule has 8 nitrogen and oxygen atoms in total. The summed E-state index contributed by atoms with van der Waals surface area (Å²) in [5, 5.41) is 29.0. The van der Waals surface area contributed by atoms with Crippen molar-refractivity contribution in [1.29, 1.82) is 0 Å². The number of alkyl halides is 6. The lowest BCUT2D eigenvalue weighted by Crippen LogP contribution is -2.62. The molecule has 0 aromatic heterocycles. The lowest BCUT2D eigenvalue weighted by atomic mass is 9.73. The van der Waals surface area contributed by atoms with Gasteiger partial charge in [0.2, 0.25) is 0 Å². The number of halogens is 6. The number of rotatable bonds is 0. The highest BCUT2D eigenvalue weighted by atomic mass is 19.2. The summed E-state index contributed by atoms with van der Waals surface area (Å²) in [5.74, 6) is -2.04. The first kappa shape index (κ1) is 31.3. The van der Waals surface area contributed by atoms with Gasteiger partial charge in [-0.25, -0.2) is 26.3 Å². The third-order valence-corrected chi connectivity index (χ3v) is 14.0. The van der Waals surface area contributed by atoms with Crippen LogP contribution >= 0.6 is 0 Å². The molecule has 4 aliphatic carbocycles. The Morgan fingerprint density at radius 1 is 0.283 bits per heavy atom. The molecular weight excluding hydrogens is 610 g/mol. The van der Waals surface area contributed by atoms with E-state index in [1.54, 1.807) is 0 Å². The van der Waals surface area contributed by atoms with E-state index in [2.05, 4.69) is 42.5 Å². The van der Waals surface area contributed by atoms with Crippen molar-refractivity contribution >= 4 is 0 Å². The van der Waals surface area contributed by atoms with Crippen LogP contribution in [0.2, 0.25) is 0 Å². The van der Waals surface area contributed by atoms with E-state index in [1.807, 2.05) is 0 Å². The summed E-state index contributed by atoms with van der Waals surface area (Å²) in [4.78, 5) is 0. The second-order valence-electron chi connectivity index (χ2n) is 16.1. The Morgan fingerprint density at radius 3 is 1.02 bits per heavy atom. The topological polar surface area (TPSA) is 96.2 Å². The Kier molecular flexibility index (Phi) is 8.12. The molecule has 8 bridgehead atoms. The number of fused-ring (bicyclic) bond motifs is 20. The fourth-order valence-corrected chi connectivity index (χ4v) is 11.9. The van der Waals surface area contributed by atoms with Gasteiger partial charge in [-0.3, -0.25) is 42.5 Å². The van der Waals surface area contributed by atoms with Crippen molar-refractivity contribution in [3.63, 3.8) is 0 Å². The van der Waals surface area contributed by atoms with E-state index in [-0.39, 0.29) is 49.1 Å². The van der Waals surface area contributed by atoms with Gasteiger partial charge in [-0.2, -0.15) is 0 Å². The molecule has 46 heavy (non-hydrogen) atoms. The lowest BCUT2D eigenvalue weighted by molar-refractivity contribution is -0.0805. The zero-order valence-electron chi connectivity index (χ0n) is 26.0. The largest absolute Gasteiger partial charge is 0.286 e. The van der Waals surface area contributed by atoms with Gasteiger partial charge in [0.1, 0.15) is 24.7 Å². The van der Waals surface area contributed by atoms with Crippen LogP contribution in [0.4, 0.5) is 26.3 Å². The van der Waals surface area contributed by atoms with Gasteiger partial charge in [-0.05, 0) is 68.1 Å². The summed E-state index contributed by atoms with van der Waals surface area (Å²) in [5.41, 5.74) is 0. The van der Waals surface area contributed by atoms with Crippen LogP contribution in [0.15, 0.2) is 0 Å². The van der Waals surface area contributed by atoms with Gasteiger partial charge < -0.3 is 0 Å². The number of nitrogens with one attached hydrogen (secondary N) is 8. The molecular formula is C32H50F6N8. The molecule has 5 aliphatic heterocycles. The smallest absolute Gasteiger partial charge is 0.165 e. The van der Waals surface area contributed by atoms with E-state index in [0.717, 1.165) is 44.9 Å². The molecule has 260 valence electrons. The zero-order valence-corrected chi connectivity index (χ0v) is 26.0. The van der Waals surface area contributed by atoms with Crippen LogP contribution in [0.25, 0.3) is 0 Å². The van der Waals surface area contributed by atoms with Crippen LogP contribution in [0, 0.1) is 47.3 Å². The minimum absolute atomic E-state index is 0.00301. The highest BCUT2D eigenvalue weighted by molar-refractivity contribution is 5.14. The van der Waals surface area contributed by atoms with Crippen molar-refractivity contribution < 1.29 is 26.3 Å². The zero-order chi connectivity index (χ0) is 31.4. The predicted octanol–water partition coefficient (Wildman–Crippen LogP) is 2.29. The Balaban J connectivity index is 1.09. The summed E-state index contributed by atoms with van der Waals surface area (Å²) < 4.78 is 92.2. The molecule has 0 amide bonds. The monoisotopic (exact) mass is 660 g/mol. The maximum absolute atomic E-state index is 15.8. The van der Waals surface area contributed by atoms with Crippen LogP contribution < -0.4 is 42.5 Å². The summed E-state index contributed by atoms with van der Waals surface area (Å²) >= 11 is 0. The summed E-state index contributed by atoms with van der Waals surface area (Å²) in [7, 11) is 0. The quantitative estimate of drug-likeness (QED) is 0.188. The molecule has 0 spiro atoms. The Hall–Kier alpha value is -0.740. The Morgan fingerprint density at radius 2 is 0.609 bits per heavy atom. The van der Waals surface area contributed by atoms with Crippen molar-refractivity contribution in [1.82, 2.24) is 42.5 Å². The third-order valence-electron chi connectivity index (χ3n) is 14.0. The molecule has 9 fully saturated rings. The van der Waals surface area contributed by atoms with E-state index < -0.39 is 73.3 Å². The first-order chi connectivity index (χ1) is 22.3. The highest BCUT2D eigenvalue weighted by Gasteiger charge is 2.63. The van der Waals surface area contributed by atoms with Crippen molar-refractivity contribution in [3.05, 3.63) is 0 Å². The van der Waals surface area contributed by atoms with Crippen LogP contribution in [-0.4, -0.2) is 86.4 Å². The highest BCUT2D eigenvalue weighted by Crippen LogP contribution is 2.48. The normalized spacial score (nSPS) is 61.4. The molecule has 9 rings (SSSR count). The molecule has 8 N–H and O–H groups in total. The number of hydrogen-bond donors (Lipinski definition) is 8. The van der Waals surface area contributed by atoms with Gasteiger partial charge >= 0.3 is 0 Å². The average molecular weight is 661 g/mol. The molecule has 0 aromatic rings. The molecule has 5 heterocycles. The molecule has 9 aliphatic rings. The molecule has 14 heteroatoms. The van der Waals surface area contributed by atoms with Crippen molar-refractivity contribution in [3.8, 4) is 0 Å². The number of hydrogen-bond acceptors (Lipinski definition) is 8. The standard InChI is InChI=1S/C32H50F6N8/c33-16-10-9-15-17(20(16)34)30-44-29(15)42-27-12-6-2-1-5-11(12)25(40-27)39-26-13-7-3-4-8-14(13)28(41-26)43-31-18-19(32(45-30)46-31)22(36)24(38)23(37)21(18)35/h11-32,39-46H,1-10H2. The van der Waals surface area contributed by atoms with Gasteiger partial charge in [-0.15, -0.1) is 0 Å². The van der Waals surface area contributed by atoms with Crippen LogP contribution in [0.3, 0.4) is 0 Å². The van der Waals surface area contributed by atoms with Crippen molar-refractivity contribution in [2.75, 3.05) is 0 Å². The Bertz CT molecular complexity index is 1130. The minimum Gasteiger partial charge on any atom is -0.286 e. The van der Waals surface area contributed by atoms with E-state index in [1.165, 1.54) is 6.42 Å². The fourth-order valence-electron chi connectivity index (χ4n) is 11.9. The van der Waals surface area contributed by atoms with Crippen molar-refractivity contribution in [2.45, 2.75) is 151 Å². The second kappa shape index (κ2) is 11.9. The molecule has 5 saturated heterocycles. The van der Waals surface area contributed by atoms with E-state index in [9.17, 15) is 13.2 Å². The fraction of sp³-hybridized carbons (Fsp3) is 1.00. The summed E-state index contributed by atoms with van der Waals surface area (Å²) in [6, 6.07) is 0. The third kappa shape index (κ3) is 4.85. The molecule has 0 radical (unpaired) electrons. The van der Waals surface area contributed by atoms with Crippen LogP contribution in [0.5, 0.6) is 0 Å². The minimum atomic E-state index is -2.60. The predicted molar refractivity (Wildman–Crippen MR) is 159 cm³/mol. The first-order valence-electron chi connectivity index (χ1n) is 18.2. The van der Waals surface area contributed by atoms with E-state index in [4.69, 9.17) is 0 Å². The molecule has 22 atom stereocenters. The molecule has 22 unspecified atom stereocenters. The Labute approximate surface area is 266 Å². The van der Waals surface area contributed by atoms with Gasteiger partial charge in [0.05, 0.1) is 49.3 Å². The van der Waals surface area contributed by atoms with Gasteiger partial charge in [-0.1, -0.05) is 25.7 Å². The van der Waals surface area contributed by atoms with Gasteiger partial charge in [0.15, 0.2) is 12.3 Å². The van der Waals surface area contributed by atoms with Gasteiger partial charge in [0.25, 0.3) is 0 Å². The first-order valence-corrected chi connectivity index (χ1v) is 18.2. The van der Waals surface area contributed by atoms with E-state index >= 15 is 13.2 Å². The molecule has 0 aromatic carbocycles. The SMILES string of the molecule is FC1CCC2C3NC4NC(NC5NC(NC6NC(NC(N3)C2C1F)C1C(F)C(F)C(F)C(F)C61)C1CCCCC51)C1CCCCC41. The maximum Gasteiger partial charge on any atom is 0.165 e.